The number of Topliss-reactive ketones (excluding diaryl/α,β-unsaturated/α-hetero) is 1. The molecular weight excluding hydrogens is 350 g/mol. The van der Waals surface area contributed by atoms with Gasteiger partial charge in [0.25, 0.3) is 0 Å². The number of thioether (sulfide) groups is 1. The van der Waals surface area contributed by atoms with Crippen LogP contribution in [0.2, 0.25) is 0 Å². The second-order valence-electron chi connectivity index (χ2n) is 7.61. The van der Waals surface area contributed by atoms with E-state index in [4.69, 9.17) is 9.57 Å². The monoisotopic (exact) mass is 381 g/mol. The van der Waals surface area contributed by atoms with E-state index in [0.29, 0.717) is 43.1 Å². The van der Waals surface area contributed by atoms with Crippen molar-refractivity contribution in [2.45, 2.75) is 64.4 Å². The largest absolute Gasteiger partial charge is 0.511 e. The average molecular weight is 382 g/mol. The van der Waals surface area contributed by atoms with Crippen molar-refractivity contribution in [2.24, 2.45) is 17.0 Å². The Morgan fingerprint density at radius 1 is 1.31 bits per heavy atom. The maximum Gasteiger partial charge on any atom is 0.168 e. The van der Waals surface area contributed by atoms with Crippen molar-refractivity contribution in [3.05, 3.63) is 11.3 Å². The van der Waals surface area contributed by atoms with E-state index in [9.17, 15) is 9.90 Å². The molecule has 0 radical (unpaired) electrons. The molecule has 6 heteroatoms. The molecule has 0 spiro atoms. The lowest BCUT2D eigenvalue weighted by Gasteiger charge is -2.32. The fraction of sp³-hybridized carbons (Fsp3) is 0.800. The minimum absolute atomic E-state index is 0.0299. The SMILES string of the molecule is CCCC(=NOCC1CCCO1)C1=C(O)CC(C2CCCSC2)CC1=O. The molecule has 2 saturated heterocycles. The molecule has 0 bridgehead atoms. The molecule has 0 saturated carbocycles. The number of aliphatic hydroxyl groups excluding tert-OH is 1. The van der Waals surface area contributed by atoms with Gasteiger partial charge in [0.15, 0.2) is 5.78 Å². The first kappa shape index (κ1) is 19.7. The molecule has 2 heterocycles. The van der Waals surface area contributed by atoms with Gasteiger partial charge in [0.05, 0.1) is 17.4 Å². The van der Waals surface area contributed by atoms with Crippen LogP contribution in [-0.4, -0.2) is 47.4 Å². The van der Waals surface area contributed by atoms with Gasteiger partial charge in [0, 0.05) is 19.4 Å². The van der Waals surface area contributed by atoms with Crippen molar-refractivity contribution in [2.75, 3.05) is 24.7 Å². The number of ketones is 1. The molecule has 1 N–H and O–H groups in total. The van der Waals surface area contributed by atoms with Gasteiger partial charge in [-0.2, -0.15) is 11.8 Å². The van der Waals surface area contributed by atoms with Gasteiger partial charge in [-0.25, -0.2) is 0 Å². The van der Waals surface area contributed by atoms with E-state index in [0.717, 1.165) is 31.6 Å². The van der Waals surface area contributed by atoms with Gasteiger partial charge in [-0.05, 0) is 55.4 Å². The highest BCUT2D eigenvalue weighted by atomic mass is 32.2. The number of hydrogen-bond donors (Lipinski definition) is 1. The van der Waals surface area contributed by atoms with E-state index < -0.39 is 0 Å². The molecule has 146 valence electrons. The molecule has 2 fully saturated rings. The van der Waals surface area contributed by atoms with Gasteiger partial charge >= 0.3 is 0 Å². The highest BCUT2D eigenvalue weighted by Crippen LogP contribution is 2.38. The predicted molar refractivity (Wildman–Crippen MR) is 105 cm³/mol. The highest BCUT2D eigenvalue weighted by Gasteiger charge is 2.35. The van der Waals surface area contributed by atoms with E-state index in [1.54, 1.807) is 0 Å². The Morgan fingerprint density at radius 2 is 2.19 bits per heavy atom. The molecule has 1 aliphatic carbocycles. The Balaban J connectivity index is 1.67. The summed E-state index contributed by atoms with van der Waals surface area (Å²) in [5, 5.41) is 14.9. The third-order valence-corrected chi connectivity index (χ3v) is 6.81. The van der Waals surface area contributed by atoms with Crippen molar-refractivity contribution >= 4 is 23.3 Å². The molecule has 3 unspecified atom stereocenters. The first-order valence-corrected chi connectivity index (χ1v) is 11.2. The summed E-state index contributed by atoms with van der Waals surface area (Å²) < 4.78 is 5.54. The molecule has 26 heavy (non-hydrogen) atoms. The van der Waals surface area contributed by atoms with Crippen LogP contribution in [0.5, 0.6) is 0 Å². The minimum atomic E-state index is 0.0299. The Labute approximate surface area is 160 Å². The summed E-state index contributed by atoms with van der Waals surface area (Å²) in [4.78, 5) is 18.3. The Morgan fingerprint density at radius 3 is 2.85 bits per heavy atom. The Hall–Kier alpha value is -1.01. The number of ether oxygens (including phenoxy) is 1. The summed E-state index contributed by atoms with van der Waals surface area (Å²) in [6.07, 6.45) is 7.16. The number of rotatable bonds is 7. The van der Waals surface area contributed by atoms with Crippen molar-refractivity contribution in [1.29, 1.82) is 0 Å². The summed E-state index contributed by atoms with van der Waals surface area (Å²) in [5.41, 5.74) is 1.02. The second-order valence-corrected chi connectivity index (χ2v) is 8.76. The fourth-order valence-corrected chi connectivity index (χ4v) is 5.43. The maximum absolute atomic E-state index is 12.8. The minimum Gasteiger partial charge on any atom is -0.511 e. The first-order valence-electron chi connectivity index (χ1n) is 10.0. The fourth-order valence-electron chi connectivity index (χ4n) is 4.15. The quantitative estimate of drug-likeness (QED) is 0.527. The molecule has 2 aliphatic heterocycles. The van der Waals surface area contributed by atoms with Crippen LogP contribution in [0.3, 0.4) is 0 Å². The van der Waals surface area contributed by atoms with Crippen LogP contribution in [-0.2, 0) is 14.4 Å². The van der Waals surface area contributed by atoms with E-state index in [1.807, 2.05) is 18.7 Å². The van der Waals surface area contributed by atoms with Gasteiger partial charge in [0.1, 0.15) is 12.4 Å². The lowest BCUT2D eigenvalue weighted by Crippen LogP contribution is -2.31. The van der Waals surface area contributed by atoms with Crippen LogP contribution in [0, 0.1) is 11.8 Å². The summed E-state index contributed by atoms with van der Waals surface area (Å²) in [6.45, 7) is 3.24. The number of allylic oxidation sites excluding steroid dienone is 2. The molecule has 5 nitrogen and oxygen atoms in total. The zero-order valence-electron chi connectivity index (χ0n) is 15.7. The van der Waals surface area contributed by atoms with Crippen LogP contribution < -0.4 is 0 Å². The van der Waals surface area contributed by atoms with Crippen molar-refractivity contribution in [3.63, 3.8) is 0 Å². The van der Waals surface area contributed by atoms with Gasteiger partial charge in [-0.3, -0.25) is 4.79 Å². The predicted octanol–water partition coefficient (Wildman–Crippen LogP) is 4.27. The molecule has 3 atom stereocenters. The second kappa shape index (κ2) is 9.79. The van der Waals surface area contributed by atoms with E-state index in [2.05, 4.69) is 5.16 Å². The van der Waals surface area contributed by atoms with Crippen LogP contribution in [0.1, 0.15) is 58.3 Å². The summed E-state index contributed by atoms with van der Waals surface area (Å²) >= 11 is 1.97. The number of nitrogens with zero attached hydrogens (tertiary/aromatic N) is 1. The maximum atomic E-state index is 12.8. The van der Waals surface area contributed by atoms with E-state index >= 15 is 0 Å². The Kier molecular flexibility index (Phi) is 7.43. The summed E-state index contributed by atoms with van der Waals surface area (Å²) in [6, 6.07) is 0. The topological polar surface area (TPSA) is 68.1 Å². The van der Waals surface area contributed by atoms with Crippen LogP contribution in [0.4, 0.5) is 0 Å². The zero-order valence-corrected chi connectivity index (χ0v) is 16.6. The van der Waals surface area contributed by atoms with Gasteiger partial charge < -0.3 is 14.7 Å². The van der Waals surface area contributed by atoms with Gasteiger partial charge in [0.2, 0.25) is 0 Å². The smallest absolute Gasteiger partial charge is 0.168 e. The number of hydrogen-bond acceptors (Lipinski definition) is 6. The standard InChI is InChI=1S/C20H31NO4S/c1-2-5-17(21-25-12-16-7-3-8-24-16)20-18(22)10-15(11-19(20)23)14-6-4-9-26-13-14/h14-16,22H,2-13H2,1H3. The average Bonchev–Trinajstić information content (AvgIpc) is 3.15. The van der Waals surface area contributed by atoms with E-state index in [-0.39, 0.29) is 23.6 Å². The lowest BCUT2D eigenvalue weighted by atomic mass is 9.76. The number of oxime groups is 1. The number of aliphatic hydroxyl groups is 1. The molecule has 0 aromatic carbocycles. The van der Waals surface area contributed by atoms with E-state index in [1.165, 1.54) is 18.6 Å². The Bertz CT molecular complexity index is 548. The third-order valence-electron chi connectivity index (χ3n) is 5.57. The van der Waals surface area contributed by atoms with Crippen molar-refractivity contribution < 1.29 is 19.5 Å². The third kappa shape index (κ3) is 5.03. The van der Waals surface area contributed by atoms with Gasteiger partial charge in [-0.1, -0.05) is 18.5 Å². The molecule has 0 aromatic rings. The number of carbonyl (C=O) groups is 1. The van der Waals surface area contributed by atoms with Crippen molar-refractivity contribution in [1.82, 2.24) is 0 Å². The molecular formula is C20H31NO4S. The number of carbonyl (C=O) groups excluding carboxylic acids is 1. The summed E-state index contributed by atoms with van der Waals surface area (Å²) in [7, 11) is 0. The molecule has 0 amide bonds. The normalized spacial score (nSPS) is 30.7. The molecule has 3 rings (SSSR count). The van der Waals surface area contributed by atoms with Crippen LogP contribution in [0.15, 0.2) is 16.5 Å². The van der Waals surface area contributed by atoms with Crippen molar-refractivity contribution in [3.8, 4) is 0 Å². The molecule has 0 aromatic heterocycles. The molecule has 3 aliphatic rings. The zero-order chi connectivity index (χ0) is 18.4. The highest BCUT2D eigenvalue weighted by molar-refractivity contribution is 7.99. The van der Waals surface area contributed by atoms with Gasteiger partial charge in [-0.15, -0.1) is 0 Å². The van der Waals surface area contributed by atoms with Crippen LogP contribution in [0.25, 0.3) is 0 Å². The lowest BCUT2D eigenvalue weighted by molar-refractivity contribution is -0.117. The first-order chi connectivity index (χ1) is 12.7. The summed E-state index contributed by atoms with van der Waals surface area (Å²) in [5.74, 6) is 3.40. The van der Waals surface area contributed by atoms with Crippen LogP contribution >= 0.6 is 11.8 Å².